The van der Waals surface area contributed by atoms with Crippen molar-refractivity contribution in [1.29, 1.82) is 5.26 Å². The number of carboxylic acids is 1. The smallest absolute Gasteiger partial charge is 0.325 e. The summed E-state index contributed by atoms with van der Waals surface area (Å²) in [5.74, 6) is -0.924. The van der Waals surface area contributed by atoms with Gasteiger partial charge >= 0.3 is 5.97 Å². The van der Waals surface area contributed by atoms with Crippen LogP contribution in [0.2, 0.25) is 0 Å². The van der Waals surface area contributed by atoms with Crippen molar-refractivity contribution in [2.24, 2.45) is 0 Å². The average molecular weight is 190 g/mol. The Bertz CT molecular complexity index is 382. The van der Waals surface area contributed by atoms with E-state index < -0.39 is 12.0 Å². The van der Waals surface area contributed by atoms with Crippen LogP contribution in [0.25, 0.3) is 0 Å². The highest BCUT2D eigenvalue weighted by atomic mass is 16.4. The number of carbonyl (C=O) groups is 1. The molecule has 2 N–H and O–H groups in total. The molecule has 0 unspecified atom stereocenters. The summed E-state index contributed by atoms with van der Waals surface area (Å²) < 4.78 is 0. The molecule has 1 aromatic carbocycles. The van der Waals surface area contributed by atoms with Crippen molar-refractivity contribution in [3.63, 3.8) is 0 Å². The Morgan fingerprint density at radius 2 is 2.36 bits per heavy atom. The molecule has 0 spiro atoms. The quantitative estimate of drug-likeness (QED) is 0.756. The molecule has 0 heterocycles. The Balaban J connectivity index is 2.78. The number of hydrogen-bond acceptors (Lipinski definition) is 3. The maximum absolute atomic E-state index is 10.5. The van der Waals surface area contributed by atoms with Crippen LogP contribution in [0.5, 0.6) is 0 Å². The minimum Gasteiger partial charge on any atom is -0.480 e. The van der Waals surface area contributed by atoms with E-state index in [-0.39, 0.29) is 0 Å². The summed E-state index contributed by atoms with van der Waals surface area (Å²) in [6.07, 6.45) is 0. The van der Waals surface area contributed by atoms with Crippen molar-refractivity contribution in [1.82, 2.24) is 0 Å². The predicted molar refractivity (Wildman–Crippen MR) is 51.9 cm³/mol. The maximum atomic E-state index is 10.5. The third-order valence-electron chi connectivity index (χ3n) is 1.75. The highest BCUT2D eigenvalue weighted by Gasteiger charge is 2.09. The van der Waals surface area contributed by atoms with E-state index in [0.717, 1.165) is 0 Å². The van der Waals surface area contributed by atoms with Gasteiger partial charge in [-0.3, -0.25) is 4.79 Å². The maximum Gasteiger partial charge on any atom is 0.325 e. The van der Waals surface area contributed by atoms with E-state index in [1.807, 2.05) is 6.07 Å². The number of benzene rings is 1. The van der Waals surface area contributed by atoms with Crippen molar-refractivity contribution < 1.29 is 9.90 Å². The van der Waals surface area contributed by atoms with Crippen molar-refractivity contribution in [3.05, 3.63) is 29.8 Å². The van der Waals surface area contributed by atoms with Crippen LogP contribution in [0.15, 0.2) is 24.3 Å². The zero-order chi connectivity index (χ0) is 10.6. The van der Waals surface area contributed by atoms with E-state index in [9.17, 15) is 4.79 Å². The van der Waals surface area contributed by atoms with Crippen molar-refractivity contribution >= 4 is 11.7 Å². The highest BCUT2D eigenvalue weighted by Crippen LogP contribution is 2.10. The van der Waals surface area contributed by atoms with E-state index in [1.54, 1.807) is 31.2 Å². The number of hydrogen-bond donors (Lipinski definition) is 2. The first-order valence-corrected chi connectivity index (χ1v) is 4.13. The van der Waals surface area contributed by atoms with Gasteiger partial charge in [-0.25, -0.2) is 0 Å². The number of carboxylic acid groups (broad SMARTS) is 1. The molecule has 0 radical (unpaired) electrons. The molecule has 0 amide bonds. The summed E-state index contributed by atoms with van der Waals surface area (Å²) in [6, 6.07) is 8.02. The zero-order valence-electron chi connectivity index (χ0n) is 7.69. The third kappa shape index (κ3) is 2.49. The molecule has 0 aliphatic heterocycles. The predicted octanol–water partition coefficient (Wildman–Crippen LogP) is 1.44. The Hall–Kier alpha value is -2.02. The van der Waals surface area contributed by atoms with E-state index in [2.05, 4.69) is 5.32 Å². The van der Waals surface area contributed by atoms with Gasteiger partial charge in [-0.15, -0.1) is 0 Å². The van der Waals surface area contributed by atoms with Gasteiger partial charge in [0, 0.05) is 5.69 Å². The van der Waals surface area contributed by atoms with Crippen molar-refractivity contribution in [3.8, 4) is 6.07 Å². The van der Waals surface area contributed by atoms with Crippen LogP contribution in [0.4, 0.5) is 5.69 Å². The molecule has 0 aliphatic carbocycles. The van der Waals surface area contributed by atoms with E-state index >= 15 is 0 Å². The first kappa shape index (κ1) is 10.1. The number of nitriles is 1. The second kappa shape index (κ2) is 4.28. The number of nitrogens with zero attached hydrogens (tertiary/aromatic N) is 1. The van der Waals surface area contributed by atoms with E-state index in [0.29, 0.717) is 11.3 Å². The minimum atomic E-state index is -0.924. The molecule has 0 aromatic heterocycles. The fourth-order valence-electron chi connectivity index (χ4n) is 0.990. The first-order chi connectivity index (χ1) is 6.63. The topological polar surface area (TPSA) is 73.1 Å². The lowest BCUT2D eigenvalue weighted by molar-refractivity contribution is -0.137. The molecule has 4 heteroatoms. The van der Waals surface area contributed by atoms with Gasteiger partial charge in [0.05, 0.1) is 11.6 Å². The molecular formula is C10H10N2O2. The van der Waals surface area contributed by atoms with Crippen LogP contribution in [0.1, 0.15) is 12.5 Å². The molecule has 0 saturated carbocycles. The summed E-state index contributed by atoms with van der Waals surface area (Å²) in [5.41, 5.74) is 1.14. The lowest BCUT2D eigenvalue weighted by Gasteiger charge is -2.10. The van der Waals surface area contributed by atoms with Crippen LogP contribution in [-0.2, 0) is 4.79 Å². The van der Waals surface area contributed by atoms with Gasteiger partial charge in [0.25, 0.3) is 0 Å². The first-order valence-electron chi connectivity index (χ1n) is 4.13. The fraction of sp³-hybridized carbons (Fsp3) is 0.200. The molecular weight excluding hydrogens is 180 g/mol. The summed E-state index contributed by atoms with van der Waals surface area (Å²) in [7, 11) is 0. The van der Waals surface area contributed by atoms with Crippen LogP contribution < -0.4 is 5.32 Å². The lowest BCUT2D eigenvalue weighted by Crippen LogP contribution is -2.25. The summed E-state index contributed by atoms with van der Waals surface area (Å²) in [4.78, 5) is 10.5. The third-order valence-corrected chi connectivity index (χ3v) is 1.75. The Labute approximate surface area is 81.8 Å². The molecule has 14 heavy (non-hydrogen) atoms. The van der Waals surface area contributed by atoms with Crippen LogP contribution >= 0.6 is 0 Å². The zero-order valence-corrected chi connectivity index (χ0v) is 7.69. The van der Waals surface area contributed by atoms with Gasteiger partial charge in [0.15, 0.2) is 0 Å². The second-order valence-electron chi connectivity index (χ2n) is 2.90. The van der Waals surface area contributed by atoms with Crippen LogP contribution in [-0.4, -0.2) is 17.1 Å². The van der Waals surface area contributed by atoms with Gasteiger partial charge in [0.2, 0.25) is 0 Å². The molecule has 0 bridgehead atoms. The molecule has 0 aliphatic rings. The lowest BCUT2D eigenvalue weighted by atomic mass is 10.2. The normalized spacial score (nSPS) is 11.4. The Morgan fingerprint density at radius 3 is 2.93 bits per heavy atom. The molecule has 0 saturated heterocycles. The molecule has 72 valence electrons. The summed E-state index contributed by atoms with van der Waals surface area (Å²) in [6.45, 7) is 1.54. The number of anilines is 1. The molecule has 1 aromatic rings. The molecule has 4 nitrogen and oxygen atoms in total. The van der Waals surface area contributed by atoms with Gasteiger partial charge < -0.3 is 10.4 Å². The second-order valence-corrected chi connectivity index (χ2v) is 2.90. The van der Waals surface area contributed by atoms with E-state index in [1.165, 1.54) is 0 Å². The van der Waals surface area contributed by atoms with Gasteiger partial charge in [-0.2, -0.15) is 5.26 Å². The molecule has 1 atom stereocenters. The van der Waals surface area contributed by atoms with Crippen LogP contribution in [0.3, 0.4) is 0 Å². The number of rotatable bonds is 3. The number of nitrogens with one attached hydrogen (secondary N) is 1. The Kier molecular flexibility index (Phi) is 3.08. The molecule has 1 rings (SSSR count). The average Bonchev–Trinajstić information content (AvgIpc) is 2.18. The van der Waals surface area contributed by atoms with Gasteiger partial charge in [-0.05, 0) is 25.1 Å². The molecule has 0 fully saturated rings. The van der Waals surface area contributed by atoms with E-state index in [4.69, 9.17) is 10.4 Å². The minimum absolute atomic E-state index is 0.507. The van der Waals surface area contributed by atoms with Gasteiger partial charge in [0.1, 0.15) is 6.04 Å². The monoisotopic (exact) mass is 190 g/mol. The summed E-state index contributed by atoms with van der Waals surface area (Å²) in [5, 5.41) is 20.0. The summed E-state index contributed by atoms with van der Waals surface area (Å²) >= 11 is 0. The van der Waals surface area contributed by atoms with Crippen molar-refractivity contribution in [2.75, 3.05) is 5.32 Å². The van der Waals surface area contributed by atoms with Gasteiger partial charge in [-0.1, -0.05) is 6.07 Å². The standard InChI is InChI=1S/C10H10N2O2/c1-7(10(13)14)12-9-4-2-3-8(5-9)6-11/h2-5,7,12H,1H3,(H,13,14)/t7-/m0/s1. The Morgan fingerprint density at radius 1 is 1.64 bits per heavy atom. The van der Waals surface area contributed by atoms with Crippen molar-refractivity contribution in [2.45, 2.75) is 13.0 Å². The number of aliphatic carboxylic acids is 1. The van der Waals surface area contributed by atoms with Crippen LogP contribution in [0, 0.1) is 11.3 Å². The SMILES string of the molecule is C[C@H](Nc1cccc(C#N)c1)C(=O)O. The largest absolute Gasteiger partial charge is 0.480 e. The fourth-order valence-corrected chi connectivity index (χ4v) is 0.990. The highest BCUT2D eigenvalue weighted by molar-refractivity contribution is 5.76.